The number of carbonyl (C=O) groups is 2. The van der Waals surface area contributed by atoms with E-state index in [-0.39, 0.29) is 34.3 Å². The molecule has 2 atom stereocenters. The number of nitrogens with one attached hydrogen (secondary N) is 1. The molecule has 8 nitrogen and oxygen atoms in total. The van der Waals surface area contributed by atoms with Gasteiger partial charge in [-0.2, -0.15) is 9.57 Å². The maximum Gasteiger partial charge on any atom is 0.326 e. The fourth-order valence-electron chi connectivity index (χ4n) is 3.82. The Balaban J connectivity index is 1.85. The lowest BCUT2D eigenvalue weighted by molar-refractivity contribution is -0.143. The van der Waals surface area contributed by atoms with Crippen molar-refractivity contribution in [1.82, 2.24) is 9.62 Å². The van der Waals surface area contributed by atoms with Crippen LogP contribution < -0.4 is 5.32 Å². The van der Waals surface area contributed by atoms with Gasteiger partial charge in [0.1, 0.15) is 11.6 Å². The van der Waals surface area contributed by atoms with Crippen LogP contribution in [0.4, 0.5) is 0 Å². The molecule has 1 aliphatic heterocycles. The number of nitrogens with zero attached hydrogens (tertiary/aromatic N) is 2. The second-order valence-corrected chi connectivity index (χ2v) is 10.7. The Labute approximate surface area is 201 Å². The lowest BCUT2D eigenvalue weighted by Gasteiger charge is -2.34. The Morgan fingerprint density at radius 2 is 1.82 bits per heavy atom. The first-order valence-corrected chi connectivity index (χ1v) is 12.2. The third-order valence-corrected chi connectivity index (χ3v) is 8.05. The largest absolute Gasteiger partial charge is 0.480 e. The van der Waals surface area contributed by atoms with Gasteiger partial charge < -0.3 is 10.4 Å². The van der Waals surface area contributed by atoms with Crippen LogP contribution in [0.3, 0.4) is 0 Å². The van der Waals surface area contributed by atoms with E-state index in [4.69, 9.17) is 28.5 Å². The fourth-order valence-corrected chi connectivity index (χ4v) is 6.36. The van der Waals surface area contributed by atoms with Crippen LogP contribution in [0.25, 0.3) is 0 Å². The molecule has 0 saturated carbocycles. The predicted molar refractivity (Wildman–Crippen MR) is 122 cm³/mol. The van der Waals surface area contributed by atoms with Gasteiger partial charge in [-0.25, -0.2) is 13.2 Å². The molecule has 1 fully saturated rings. The molecule has 0 radical (unpaired) electrons. The minimum atomic E-state index is -4.13. The lowest BCUT2D eigenvalue weighted by Crippen LogP contribution is -2.58. The zero-order valence-electron chi connectivity index (χ0n) is 17.6. The van der Waals surface area contributed by atoms with E-state index in [0.717, 1.165) is 4.31 Å². The molecular weight excluding hydrogens is 489 g/mol. The number of nitriles is 1. The molecule has 0 aromatic heterocycles. The van der Waals surface area contributed by atoms with E-state index >= 15 is 0 Å². The van der Waals surface area contributed by atoms with Crippen molar-refractivity contribution in [2.45, 2.75) is 42.7 Å². The lowest BCUT2D eigenvalue weighted by atomic mass is 9.97. The van der Waals surface area contributed by atoms with Crippen LogP contribution in [0.15, 0.2) is 47.4 Å². The third-order valence-electron chi connectivity index (χ3n) is 5.61. The van der Waals surface area contributed by atoms with Crippen molar-refractivity contribution >= 4 is 45.1 Å². The van der Waals surface area contributed by atoms with Crippen LogP contribution in [0.5, 0.6) is 0 Å². The van der Waals surface area contributed by atoms with E-state index in [1.807, 2.05) is 6.07 Å². The number of benzene rings is 2. The van der Waals surface area contributed by atoms with Gasteiger partial charge >= 0.3 is 5.97 Å². The average molecular weight is 510 g/mol. The number of hydrogen-bond acceptors (Lipinski definition) is 5. The monoisotopic (exact) mass is 509 g/mol. The van der Waals surface area contributed by atoms with Crippen LogP contribution in [-0.2, 0) is 26.0 Å². The number of hydrogen-bond donors (Lipinski definition) is 2. The minimum Gasteiger partial charge on any atom is -0.480 e. The summed E-state index contributed by atoms with van der Waals surface area (Å²) in [4.78, 5) is 24.9. The van der Waals surface area contributed by atoms with Crippen LogP contribution in [-0.4, -0.2) is 47.8 Å². The molecule has 0 bridgehead atoms. The van der Waals surface area contributed by atoms with Crippen molar-refractivity contribution in [2.75, 3.05) is 6.54 Å². The Kier molecular flexibility index (Phi) is 7.34. The van der Waals surface area contributed by atoms with Gasteiger partial charge in [0.05, 0.1) is 16.5 Å². The topological polar surface area (TPSA) is 128 Å². The van der Waals surface area contributed by atoms with Gasteiger partial charge in [-0.05, 0) is 55.7 Å². The molecule has 1 heterocycles. The Morgan fingerprint density at radius 3 is 2.36 bits per heavy atom. The summed E-state index contributed by atoms with van der Waals surface area (Å²) in [5.74, 6) is -1.97. The molecular formula is C22H21Cl2N3O5S. The van der Waals surface area contributed by atoms with Crippen molar-refractivity contribution in [1.29, 1.82) is 5.26 Å². The molecule has 0 spiro atoms. The summed E-state index contributed by atoms with van der Waals surface area (Å²) >= 11 is 11.9. The van der Waals surface area contributed by atoms with Gasteiger partial charge in [0.15, 0.2) is 0 Å². The van der Waals surface area contributed by atoms with Crippen LogP contribution >= 0.6 is 23.2 Å². The zero-order chi connectivity index (χ0) is 24.4. The van der Waals surface area contributed by atoms with Crippen molar-refractivity contribution < 1.29 is 23.1 Å². The molecule has 11 heteroatoms. The Morgan fingerprint density at radius 1 is 1.21 bits per heavy atom. The van der Waals surface area contributed by atoms with Gasteiger partial charge in [0.25, 0.3) is 0 Å². The number of aliphatic carboxylic acids is 1. The Bertz CT molecular complexity index is 1210. The van der Waals surface area contributed by atoms with E-state index in [1.165, 1.54) is 25.1 Å². The van der Waals surface area contributed by atoms with E-state index in [2.05, 4.69) is 5.32 Å². The van der Waals surface area contributed by atoms with Gasteiger partial charge in [0.2, 0.25) is 15.9 Å². The average Bonchev–Trinajstić information content (AvgIpc) is 3.16. The first kappa shape index (κ1) is 25.0. The number of halogens is 2. The molecule has 0 aliphatic carbocycles. The number of sulfonamides is 1. The third kappa shape index (κ3) is 5.31. The number of amides is 1. The van der Waals surface area contributed by atoms with E-state index in [1.54, 1.807) is 24.3 Å². The highest BCUT2D eigenvalue weighted by Crippen LogP contribution is 2.36. The summed E-state index contributed by atoms with van der Waals surface area (Å²) < 4.78 is 27.7. The summed E-state index contributed by atoms with van der Waals surface area (Å²) in [5, 5.41) is 21.3. The van der Waals surface area contributed by atoms with Gasteiger partial charge in [-0.3, -0.25) is 4.79 Å². The maximum atomic E-state index is 13.3. The van der Waals surface area contributed by atoms with E-state index < -0.39 is 33.5 Å². The number of carboxylic acid groups (broad SMARTS) is 1. The van der Waals surface area contributed by atoms with Crippen LogP contribution in [0, 0.1) is 11.3 Å². The molecule has 174 valence electrons. The maximum absolute atomic E-state index is 13.3. The summed E-state index contributed by atoms with van der Waals surface area (Å²) in [6.45, 7) is 1.56. The number of carboxylic acids is 1. The number of carbonyl (C=O) groups excluding carboxylic acids is 1. The van der Waals surface area contributed by atoms with Crippen molar-refractivity contribution in [3.8, 4) is 6.07 Å². The van der Waals surface area contributed by atoms with E-state index in [9.17, 15) is 23.1 Å². The fraction of sp³-hybridized carbons (Fsp3) is 0.318. The highest BCUT2D eigenvalue weighted by molar-refractivity contribution is 7.89. The molecule has 33 heavy (non-hydrogen) atoms. The van der Waals surface area contributed by atoms with Gasteiger partial charge in [0, 0.05) is 23.0 Å². The highest BCUT2D eigenvalue weighted by atomic mass is 35.5. The van der Waals surface area contributed by atoms with Gasteiger partial charge in [-0.1, -0.05) is 35.3 Å². The zero-order valence-corrected chi connectivity index (χ0v) is 19.9. The molecule has 1 unspecified atom stereocenters. The minimum absolute atomic E-state index is 0.0283. The van der Waals surface area contributed by atoms with E-state index in [0.29, 0.717) is 17.5 Å². The highest BCUT2D eigenvalue weighted by Gasteiger charge is 2.50. The molecule has 3 rings (SSSR count). The molecule has 2 aromatic rings. The second-order valence-electron chi connectivity index (χ2n) is 7.94. The molecule has 2 N–H and O–H groups in total. The summed E-state index contributed by atoms with van der Waals surface area (Å²) in [6, 6.07) is 10.9. The second kappa shape index (κ2) is 9.69. The van der Waals surface area contributed by atoms with Crippen molar-refractivity contribution in [2.24, 2.45) is 0 Å². The predicted octanol–water partition coefficient (Wildman–Crippen LogP) is 3.22. The normalized spacial score (nSPS) is 19.6. The standard InChI is InChI=1S/C22H21Cl2N3O5S/c1-22(7-2-8-27(22)33(31,32)18-11-16(23)10-17(24)12-18)21(30)26-19(20(28)29)9-14-3-5-15(13-25)6-4-14/h3-6,10-12,19H,2,7-9H2,1H3,(H,26,30)(H,28,29)/t19?,22-/m0/s1. The summed E-state index contributed by atoms with van der Waals surface area (Å²) in [6.07, 6.45) is 0.611. The molecule has 1 amide bonds. The molecule has 2 aromatic carbocycles. The molecule has 1 aliphatic rings. The first-order valence-electron chi connectivity index (χ1n) is 9.99. The molecule has 1 saturated heterocycles. The number of rotatable bonds is 7. The van der Waals surface area contributed by atoms with Crippen molar-refractivity contribution in [3.05, 3.63) is 63.6 Å². The van der Waals surface area contributed by atoms with Crippen molar-refractivity contribution in [3.63, 3.8) is 0 Å². The van der Waals surface area contributed by atoms with Crippen LogP contribution in [0.2, 0.25) is 10.0 Å². The first-order chi connectivity index (χ1) is 15.5. The summed E-state index contributed by atoms with van der Waals surface area (Å²) in [7, 11) is -4.13. The smallest absolute Gasteiger partial charge is 0.326 e. The quantitative estimate of drug-likeness (QED) is 0.589. The Hall–Kier alpha value is -2.64. The van der Waals surface area contributed by atoms with Crippen LogP contribution in [0.1, 0.15) is 30.9 Å². The van der Waals surface area contributed by atoms with Gasteiger partial charge in [-0.15, -0.1) is 0 Å². The summed E-state index contributed by atoms with van der Waals surface area (Å²) in [5.41, 5.74) is -0.460. The SMILES string of the molecule is C[C@@]1(C(=O)NC(Cc2ccc(C#N)cc2)C(=O)O)CCCN1S(=O)(=O)c1cc(Cl)cc(Cl)c1.